The fourth-order valence-electron chi connectivity index (χ4n) is 6.81. The van der Waals surface area contributed by atoms with Crippen molar-refractivity contribution in [1.29, 1.82) is 0 Å². The normalized spacial score (nSPS) is 11.8. The standard InChI is InChI=1S/C43H25N3OS/c1-3-10-26(11-4-1)29-19-22-36-35(24-29)39-33(16-9-17-37(39)47-36)43-45-41(28-13-5-2-6-14-28)44-42(46-43)30-20-23-38-34(25-30)32-21-18-27-12-7-8-15-31(27)40(32)48-38/h1-25H. The van der Waals surface area contributed by atoms with Gasteiger partial charge in [0.05, 0.1) is 0 Å². The van der Waals surface area contributed by atoms with Crippen molar-refractivity contribution in [2.45, 2.75) is 0 Å². The summed E-state index contributed by atoms with van der Waals surface area (Å²) in [4.78, 5) is 15.3. The molecule has 0 radical (unpaired) electrons. The van der Waals surface area contributed by atoms with Crippen molar-refractivity contribution in [2.75, 3.05) is 0 Å². The second-order valence-electron chi connectivity index (χ2n) is 12.0. The van der Waals surface area contributed by atoms with Crippen LogP contribution in [0.5, 0.6) is 0 Å². The summed E-state index contributed by atoms with van der Waals surface area (Å²) < 4.78 is 8.92. The molecule has 0 saturated carbocycles. The van der Waals surface area contributed by atoms with E-state index < -0.39 is 0 Å². The summed E-state index contributed by atoms with van der Waals surface area (Å²) in [6.07, 6.45) is 0. The molecule has 0 N–H and O–H groups in total. The molecule has 0 aliphatic rings. The number of fused-ring (bicyclic) bond motifs is 8. The molecule has 10 rings (SSSR count). The van der Waals surface area contributed by atoms with Crippen molar-refractivity contribution in [2.24, 2.45) is 0 Å². The van der Waals surface area contributed by atoms with Crippen molar-refractivity contribution >= 4 is 64.2 Å². The summed E-state index contributed by atoms with van der Waals surface area (Å²) in [6, 6.07) is 52.6. The number of benzene rings is 7. The number of hydrogen-bond donors (Lipinski definition) is 0. The molecule has 0 amide bonds. The maximum atomic E-state index is 6.38. The molecule has 224 valence electrons. The summed E-state index contributed by atoms with van der Waals surface area (Å²) in [5.41, 5.74) is 6.71. The highest BCUT2D eigenvalue weighted by atomic mass is 32.1. The largest absolute Gasteiger partial charge is 0.456 e. The zero-order valence-electron chi connectivity index (χ0n) is 25.6. The Labute approximate surface area is 279 Å². The SMILES string of the molecule is c1ccc(-c2ccc3oc4cccc(-c5nc(-c6ccccc6)nc(-c6ccc7sc8c9ccccc9ccc8c7c6)n5)c4c3c2)cc1. The van der Waals surface area contributed by atoms with E-state index in [9.17, 15) is 0 Å². The molecule has 0 spiro atoms. The summed E-state index contributed by atoms with van der Waals surface area (Å²) in [7, 11) is 0. The topological polar surface area (TPSA) is 51.8 Å². The first kappa shape index (κ1) is 27.0. The molecule has 3 aromatic heterocycles. The van der Waals surface area contributed by atoms with Crippen LogP contribution in [0.25, 0.3) is 98.2 Å². The molecule has 0 atom stereocenters. The number of rotatable bonds is 4. The molecule has 3 heterocycles. The van der Waals surface area contributed by atoms with Gasteiger partial charge in [-0.1, -0.05) is 115 Å². The summed E-state index contributed by atoms with van der Waals surface area (Å²) in [5, 5.41) is 7.01. The minimum Gasteiger partial charge on any atom is -0.456 e. The minimum absolute atomic E-state index is 0.610. The second kappa shape index (κ2) is 10.7. The molecule has 10 aromatic rings. The average molecular weight is 632 g/mol. The highest BCUT2D eigenvalue weighted by Crippen LogP contribution is 2.41. The summed E-state index contributed by atoms with van der Waals surface area (Å²) in [6.45, 7) is 0. The molecule has 7 aromatic carbocycles. The zero-order chi connectivity index (χ0) is 31.6. The molecule has 0 unspecified atom stereocenters. The third-order valence-corrected chi connectivity index (χ3v) is 10.3. The lowest BCUT2D eigenvalue weighted by atomic mass is 10.0. The molecule has 0 aliphatic carbocycles. The highest BCUT2D eigenvalue weighted by Gasteiger charge is 2.19. The van der Waals surface area contributed by atoms with E-state index in [1.165, 1.54) is 30.9 Å². The van der Waals surface area contributed by atoms with Crippen molar-refractivity contribution in [3.63, 3.8) is 0 Å². The van der Waals surface area contributed by atoms with E-state index in [-0.39, 0.29) is 0 Å². The monoisotopic (exact) mass is 631 g/mol. The van der Waals surface area contributed by atoms with E-state index >= 15 is 0 Å². The highest BCUT2D eigenvalue weighted by molar-refractivity contribution is 7.26. The Kier molecular flexibility index (Phi) is 6.01. The average Bonchev–Trinajstić information content (AvgIpc) is 3.73. The summed E-state index contributed by atoms with van der Waals surface area (Å²) >= 11 is 1.83. The first-order valence-electron chi connectivity index (χ1n) is 15.9. The number of hydrogen-bond acceptors (Lipinski definition) is 5. The van der Waals surface area contributed by atoms with Gasteiger partial charge < -0.3 is 4.42 Å². The van der Waals surface area contributed by atoms with Crippen LogP contribution in [0.2, 0.25) is 0 Å². The van der Waals surface area contributed by atoms with E-state index in [2.05, 4.69) is 103 Å². The van der Waals surface area contributed by atoms with Crippen LogP contribution < -0.4 is 0 Å². The van der Waals surface area contributed by atoms with Crippen LogP contribution in [0.3, 0.4) is 0 Å². The van der Waals surface area contributed by atoms with Crippen LogP contribution in [-0.4, -0.2) is 15.0 Å². The molecule has 0 fully saturated rings. The van der Waals surface area contributed by atoms with Crippen LogP contribution in [0, 0.1) is 0 Å². The Morgan fingerprint density at radius 1 is 0.417 bits per heavy atom. The lowest BCUT2D eigenvalue weighted by Gasteiger charge is -2.09. The van der Waals surface area contributed by atoms with Crippen LogP contribution in [-0.2, 0) is 0 Å². The lowest BCUT2D eigenvalue weighted by Crippen LogP contribution is -2.00. The van der Waals surface area contributed by atoms with Gasteiger partial charge in [0, 0.05) is 47.6 Å². The molecule has 5 heteroatoms. The van der Waals surface area contributed by atoms with Crippen LogP contribution in [0.4, 0.5) is 0 Å². The number of furan rings is 1. The third kappa shape index (κ3) is 4.33. The smallest absolute Gasteiger partial charge is 0.164 e. The van der Waals surface area contributed by atoms with E-state index in [0.29, 0.717) is 17.5 Å². The maximum absolute atomic E-state index is 6.38. The van der Waals surface area contributed by atoms with Gasteiger partial charge in [0.25, 0.3) is 0 Å². The van der Waals surface area contributed by atoms with E-state index in [0.717, 1.165) is 49.8 Å². The van der Waals surface area contributed by atoms with E-state index in [1.54, 1.807) is 0 Å². The molecule has 48 heavy (non-hydrogen) atoms. The molecule has 0 aliphatic heterocycles. The summed E-state index contributed by atoms with van der Waals surface area (Å²) in [5.74, 6) is 1.88. The van der Waals surface area contributed by atoms with E-state index in [4.69, 9.17) is 19.4 Å². The van der Waals surface area contributed by atoms with Gasteiger partial charge in [-0.25, -0.2) is 15.0 Å². The van der Waals surface area contributed by atoms with Crippen LogP contribution >= 0.6 is 11.3 Å². The van der Waals surface area contributed by atoms with Gasteiger partial charge >= 0.3 is 0 Å². The Bertz CT molecular complexity index is 2840. The zero-order valence-corrected chi connectivity index (χ0v) is 26.4. The Balaban J connectivity index is 1.20. The fourth-order valence-corrected chi connectivity index (χ4v) is 8.03. The van der Waals surface area contributed by atoms with Crippen molar-refractivity contribution in [3.05, 3.63) is 152 Å². The van der Waals surface area contributed by atoms with Gasteiger partial charge in [-0.2, -0.15) is 0 Å². The Morgan fingerprint density at radius 2 is 1.12 bits per heavy atom. The number of nitrogens with zero attached hydrogens (tertiary/aromatic N) is 3. The predicted octanol–water partition coefficient (Wildman–Crippen LogP) is 12.0. The molecule has 0 bridgehead atoms. The quantitative estimate of drug-likeness (QED) is 0.194. The van der Waals surface area contributed by atoms with Gasteiger partial charge in [-0.15, -0.1) is 11.3 Å². The van der Waals surface area contributed by atoms with Gasteiger partial charge in [0.2, 0.25) is 0 Å². The minimum atomic E-state index is 0.610. The van der Waals surface area contributed by atoms with Crippen molar-refractivity contribution < 1.29 is 4.42 Å². The van der Waals surface area contributed by atoms with Gasteiger partial charge in [0.15, 0.2) is 17.5 Å². The van der Waals surface area contributed by atoms with Crippen molar-refractivity contribution in [3.8, 4) is 45.3 Å². The molecular formula is C43H25N3OS. The van der Waals surface area contributed by atoms with Crippen molar-refractivity contribution in [1.82, 2.24) is 15.0 Å². The lowest BCUT2D eigenvalue weighted by molar-refractivity contribution is 0.669. The molecule has 0 saturated heterocycles. The van der Waals surface area contributed by atoms with Gasteiger partial charge in [0.1, 0.15) is 11.2 Å². The number of thiophene rings is 1. The number of aromatic nitrogens is 3. The Morgan fingerprint density at radius 3 is 1.98 bits per heavy atom. The van der Waals surface area contributed by atoms with Crippen LogP contribution in [0.1, 0.15) is 0 Å². The first-order chi connectivity index (χ1) is 23.8. The fraction of sp³-hybridized carbons (Fsp3) is 0. The molecule has 4 nitrogen and oxygen atoms in total. The van der Waals surface area contributed by atoms with Crippen LogP contribution in [0.15, 0.2) is 156 Å². The van der Waals surface area contributed by atoms with Gasteiger partial charge in [-0.05, 0) is 58.3 Å². The van der Waals surface area contributed by atoms with Gasteiger partial charge in [-0.3, -0.25) is 0 Å². The first-order valence-corrected chi connectivity index (χ1v) is 16.8. The molecular weight excluding hydrogens is 607 g/mol. The Hall–Kier alpha value is -6.17. The maximum Gasteiger partial charge on any atom is 0.164 e. The van der Waals surface area contributed by atoms with E-state index in [1.807, 2.05) is 59.9 Å². The second-order valence-corrected chi connectivity index (χ2v) is 13.1. The third-order valence-electron chi connectivity index (χ3n) is 9.13. The predicted molar refractivity (Wildman–Crippen MR) is 199 cm³/mol.